The van der Waals surface area contributed by atoms with Crippen LogP contribution in [0.4, 0.5) is 4.39 Å². The number of H-pyrrole nitrogens is 1. The average Bonchev–Trinajstić information content (AvgIpc) is 2.61. The van der Waals surface area contributed by atoms with Crippen LogP contribution >= 0.6 is 0 Å². The van der Waals surface area contributed by atoms with Gasteiger partial charge in [-0.05, 0) is 69.0 Å². The number of nitrogens with one attached hydrogen (secondary N) is 2. The van der Waals surface area contributed by atoms with Crippen LogP contribution < -0.4 is 15.6 Å². The lowest BCUT2D eigenvalue weighted by atomic mass is 9.95. The van der Waals surface area contributed by atoms with Gasteiger partial charge in [-0.25, -0.2) is 9.49 Å². The van der Waals surface area contributed by atoms with Crippen molar-refractivity contribution in [3.63, 3.8) is 0 Å². The summed E-state index contributed by atoms with van der Waals surface area (Å²) in [6, 6.07) is 7.65. The van der Waals surface area contributed by atoms with Crippen LogP contribution in [0.2, 0.25) is 0 Å². The van der Waals surface area contributed by atoms with Crippen LogP contribution in [-0.2, 0) is 0 Å². The standard InChI is InChI=1S/C18H22FN3O2/c19-15-11-14(16-6-8-18(23)22-21-16)5-7-17(15)24-10-2-4-13-3-1-9-20-12-13/h5-8,11,13,20H,1-4,9-10,12H2,(H,22,23). The molecule has 1 atom stereocenters. The van der Waals surface area contributed by atoms with Crippen molar-refractivity contribution in [2.75, 3.05) is 19.7 Å². The van der Waals surface area contributed by atoms with Crippen LogP contribution in [0.1, 0.15) is 25.7 Å². The van der Waals surface area contributed by atoms with Crippen molar-refractivity contribution < 1.29 is 9.13 Å². The summed E-state index contributed by atoms with van der Waals surface area (Å²) in [5.41, 5.74) is 0.835. The Morgan fingerprint density at radius 1 is 1.29 bits per heavy atom. The number of benzene rings is 1. The molecule has 24 heavy (non-hydrogen) atoms. The zero-order valence-electron chi connectivity index (χ0n) is 13.6. The minimum absolute atomic E-state index is 0.255. The Morgan fingerprint density at radius 2 is 2.21 bits per heavy atom. The number of piperidine rings is 1. The van der Waals surface area contributed by atoms with E-state index in [-0.39, 0.29) is 11.3 Å². The van der Waals surface area contributed by atoms with E-state index >= 15 is 0 Å². The van der Waals surface area contributed by atoms with Gasteiger partial charge in [-0.15, -0.1) is 0 Å². The van der Waals surface area contributed by atoms with Gasteiger partial charge < -0.3 is 10.1 Å². The van der Waals surface area contributed by atoms with E-state index in [4.69, 9.17) is 4.74 Å². The first kappa shape index (κ1) is 16.6. The van der Waals surface area contributed by atoms with Crippen molar-refractivity contribution in [1.29, 1.82) is 0 Å². The van der Waals surface area contributed by atoms with Crippen LogP contribution in [0.25, 0.3) is 11.3 Å². The number of ether oxygens (including phenoxy) is 1. The highest BCUT2D eigenvalue weighted by Gasteiger charge is 2.13. The molecule has 1 aromatic heterocycles. The Balaban J connectivity index is 1.53. The molecule has 128 valence electrons. The summed E-state index contributed by atoms with van der Waals surface area (Å²) < 4.78 is 19.7. The minimum Gasteiger partial charge on any atom is -0.491 e. The number of hydrogen-bond acceptors (Lipinski definition) is 4. The van der Waals surface area contributed by atoms with E-state index in [9.17, 15) is 9.18 Å². The number of rotatable bonds is 6. The molecule has 1 unspecified atom stereocenters. The molecule has 2 heterocycles. The molecule has 5 nitrogen and oxygen atoms in total. The van der Waals surface area contributed by atoms with Crippen LogP contribution in [0.3, 0.4) is 0 Å². The first-order valence-electron chi connectivity index (χ1n) is 8.41. The van der Waals surface area contributed by atoms with E-state index in [1.807, 2.05) is 0 Å². The summed E-state index contributed by atoms with van der Waals surface area (Å²) in [5.74, 6) is 0.547. The van der Waals surface area contributed by atoms with Gasteiger partial charge in [-0.2, -0.15) is 5.10 Å². The molecule has 0 amide bonds. The van der Waals surface area contributed by atoms with E-state index in [0.717, 1.165) is 25.9 Å². The van der Waals surface area contributed by atoms with Crippen LogP contribution in [0, 0.1) is 11.7 Å². The van der Waals surface area contributed by atoms with Crippen molar-refractivity contribution in [2.45, 2.75) is 25.7 Å². The van der Waals surface area contributed by atoms with E-state index in [0.29, 0.717) is 23.8 Å². The Morgan fingerprint density at radius 3 is 2.92 bits per heavy atom. The average molecular weight is 331 g/mol. The number of halogens is 1. The summed E-state index contributed by atoms with van der Waals surface area (Å²) in [6.07, 6.45) is 4.53. The molecule has 0 saturated carbocycles. The molecule has 1 fully saturated rings. The quantitative estimate of drug-likeness (QED) is 0.799. The van der Waals surface area contributed by atoms with Crippen LogP contribution in [-0.4, -0.2) is 29.9 Å². The van der Waals surface area contributed by atoms with Gasteiger partial charge in [0, 0.05) is 11.6 Å². The number of hydrogen-bond donors (Lipinski definition) is 2. The molecule has 6 heteroatoms. The van der Waals surface area contributed by atoms with Gasteiger partial charge in [0.05, 0.1) is 12.3 Å². The highest BCUT2D eigenvalue weighted by atomic mass is 19.1. The fraction of sp³-hybridized carbons (Fsp3) is 0.444. The first-order chi connectivity index (χ1) is 11.7. The molecular formula is C18H22FN3O2. The molecule has 1 aliphatic heterocycles. The van der Waals surface area contributed by atoms with Crippen molar-refractivity contribution in [1.82, 2.24) is 15.5 Å². The summed E-state index contributed by atoms with van der Waals surface area (Å²) >= 11 is 0. The summed E-state index contributed by atoms with van der Waals surface area (Å²) in [5, 5.41) is 9.64. The van der Waals surface area contributed by atoms with Gasteiger partial charge in [0.2, 0.25) is 0 Å². The Bertz CT molecular complexity index is 706. The molecular weight excluding hydrogens is 309 g/mol. The Kier molecular flexibility index (Phi) is 5.59. The lowest BCUT2D eigenvalue weighted by molar-refractivity contribution is 0.266. The second-order valence-corrected chi connectivity index (χ2v) is 6.15. The van der Waals surface area contributed by atoms with Gasteiger partial charge in [-0.3, -0.25) is 4.79 Å². The molecule has 1 aliphatic rings. The largest absolute Gasteiger partial charge is 0.491 e. The van der Waals surface area contributed by atoms with Crippen LogP contribution in [0.15, 0.2) is 35.1 Å². The highest BCUT2D eigenvalue weighted by molar-refractivity contribution is 5.59. The van der Waals surface area contributed by atoms with Crippen molar-refractivity contribution in [3.05, 3.63) is 46.5 Å². The maximum Gasteiger partial charge on any atom is 0.264 e. The fourth-order valence-corrected chi connectivity index (χ4v) is 3.01. The van der Waals surface area contributed by atoms with E-state index in [1.165, 1.54) is 25.0 Å². The first-order valence-corrected chi connectivity index (χ1v) is 8.41. The van der Waals surface area contributed by atoms with E-state index in [1.54, 1.807) is 18.2 Å². The number of nitrogens with zero attached hydrogens (tertiary/aromatic N) is 1. The van der Waals surface area contributed by atoms with Gasteiger partial charge in [0.15, 0.2) is 11.6 Å². The third kappa shape index (κ3) is 4.41. The van der Waals surface area contributed by atoms with Gasteiger partial charge in [0.25, 0.3) is 5.56 Å². The zero-order valence-corrected chi connectivity index (χ0v) is 13.6. The molecule has 0 aliphatic carbocycles. The smallest absolute Gasteiger partial charge is 0.264 e. The van der Waals surface area contributed by atoms with Crippen molar-refractivity contribution in [3.8, 4) is 17.0 Å². The normalized spacial score (nSPS) is 17.6. The van der Waals surface area contributed by atoms with Gasteiger partial charge >= 0.3 is 0 Å². The maximum absolute atomic E-state index is 14.2. The predicted octanol–water partition coefficient (Wildman–Crippen LogP) is 2.73. The predicted molar refractivity (Wildman–Crippen MR) is 90.6 cm³/mol. The lowest BCUT2D eigenvalue weighted by Gasteiger charge is -2.22. The maximum atomic E-state index is 14.2. The molecule has 1 aromatic carbocycles. The van der Waals surface area contributed by atoms with Crippen molar-refractivity contribution >= 4 is 0 Å². The monoisotopic (exact) mass is 331 g/mol. The highest BCUT2D eigenvalue weighted by Crippen LogP contribution is 2.24. The number of aromatic nitrogens is 2. The molecule has 2 N–H and O–H groups in total. The lowest BCUT2D eigenvalue weighted by Crippen LogP contribution is -2.29. The summed E-state index contributed by atoms with van der Waals surface area (Å²) in [6.45, 7) is 2.72. The topological polar surface area (TPSA) is 67.0 Å². The Hall–Kier alpha value is -2.21. The third-order valence-electron chi connectivity index (χ3n) is 4.32. The molecule has 0 radical (unpaired) electrons. The zero-order chi connectivity index (χ0) is 16.8. The van der Waals surface area contributed by atoms with Crippen LogP contribution in [0.5, 0.6) is 5.75 Å². The molecule has 2 aromatic rings. The molecule has 0 bridgehead atoms. The number of aromatic amines is 1. The van der Waals surface area contributed by atoms with E-state index in [2.05, 4.69) is 15.5 Å². The van der Waals surface area contributed by atoms with Crippen molar-refractivity contribution in [2.24, 2.45) is 5.92 Å². The fourth-order valence-electron chi connectivity index (χ4n) is 3.01. The second-order valence-electron chi connectivity index (χ2n) is 6.15. The Labute approximate surface area is 140 Å². The summed E-state index contributed by atoms with van der Waals surface area (Å²) in [4.78, 5) is 11.0. The SMILES string of the molecule is O=c1ccc(-c2ccc(OCCCC3CCCNC3)c(F)c2)n[nH]1. The second kappa shape index (κ2) is 8.06. The minimum atomic E-state index is -0.417. The molecule has 3 rings (SSSR count). The van der Waals surface area contributed by atoms with E-state index < -0.39 is 5.82 Å². The molecule has 1 saturated heterocycles. The van der Waals surface area contributed by atoms with Gasteiger partial charge in [-0.1, -0.05) is 0 Å². The third-order valence-corrected chi connectivity index (χ3v) is 4.32. The molecule has 0 spiro atoms. The van der Waals surface area contributed by atoms with Gasteiger partial charge in [0.1, 0.15) is 0 Å². The summed E-state index contributed by atoms with van der Waals surface area (Å²) in [7, 11) is 0.